The van der Waals surface area contributed by atoms with Gasteiger partial charge in [0.1, 0.15) is 18.1 Å². The van der Waals surface area contributed by atoms with E-state index in [1.54, 1.807) is 60.7 Å². The normalized spacial score (nSPS) is 17.1. The maximum Gasteiger partial charge on any atom is 0.301 e. The van der Waals surface area contributed by atoms with Crippen LogP contribution in [0.5, 0.6) is 5.75 Å². The van der Waals surface area contributed by atoms with Crippen molar-refractivity contribution in [2.45, 2.75) is 13.0 Å². The topological polar surface area (TPSA) is 79.7 Å². The molecule has 2 heterocycles. The first-order chi connectivity index (χ1) is 17.4. The Bertz CT molecular complexity index is 1520. The summed E-state index contributed by atoms with van der Waals surface area (Å²) >= 11 is 7.40. The largest absolute Gasteiger partial charge is 0.507 e. The van der Waals surface area contributed by atoms with Gasteiger partial charge in [0, 0.05) is 10.6 Å². The highest BCUT2D eigenvalue weighted by molar-refractivity contribution is 7.22. The van der Waals surface area contributed by atoms with Crippen LogP contribution < -0.4 is 9.64 Å². The molecule has 1 saturated heterocycles. The van der Waals surface area contributed by atoms with E-state index < -0.39 is 17.7 Å². The third-order valence-corrected chi connectivity index (χ3v) is 7.13. The second-order valence-electron chi connectivity index (χ2n) is 8.31. The molecule has 1 aromatic heterocycles. The van der Waals surface area contributed by atoms with Crippen LogP contribution >= 0.6 is 22.9 Å². The first kappa shape index (κ1) is 23.8. The molecule has 1 atom stereocenters. The van der Waals surface area contributed by atoms with E-state index >= 15 is 0 Å². The van der Waals surface area contributed by atoms with Gasteiger partial charge in [0.15, 0.2) is 5.13 Å². The lowest BCUT2D eigenvalue weighted by atomic mass is 9.95. The number of ketones is 1. The summed E-state index contributed by atoms with van der Waals surface area (Å²) in [6.07, 6.45) is 1.64. The van der Waals surface area contributed by atoms with Crippen LogP contribution in [-0.2, 0) is 9.59 Å². The number of Topliss-reactive ketones (excluding diaryl/α,β-unsaturated/α-hetero) is 1. The zero-order valence-corrected chi connectivity index (χ0v) is 20.8. The number of benzene rings is 3. The van der Waals surface area contributed by atoms with Crippen LogP contribution in [0.1, 0.15) is 22.7 Å². The number of carbonyl (C=O) groups excluding carboxylic acids is 2. The molecule has 1 amide bonds. The summed E-state index contributed by atoms with van der Waals surface area (Å²) in [5, 5.41) is 12.1. The zero-order chi connectivity index (χ0) is 25.4. The lowest BCUT2D eigenvalue weighted by molar-refractivity contribution is -0.132. The molecule has 1 fully saturated rings. The van der Waals surface area contributed by atoms with Crippen LogP contribution in [0, 0.1) is 6.92 Å². The molecule has 0 saturated carbocycles. The van der Waals surface area contributed by atoms with Crippen molar-refractivity contribution in [3.05, 3.63) is 107 Å². The maximum absolute atomic E-state index is 13.4. The molecule has 1 aliphatic rings. The number of halogens is 1. The van der Waals surface area contributed by atoms with Gasteiger partial charge in [-0.15, -0.1) is 0 Å². The van der Waals surface area contributed by atoms with Crippen molar-refractivity contribution in [2.24, 2.45) is 0 Å². The lowest BCUT2D eigenvalue weighted by Gasteiger charge is -2.23. The van der Waals surface area contributed by atoms with Gasteiger partial charge >= 0.3 is 5.91 Å². The average Bonchev–Trinajstić information content (AvgIpc) is 3.40. The molecule has 1 unspecified atom stereocenters. The van der Waals surface area contributed by atoms with Crippen molar-refractivity contribution < 1.29 is 19.4 Å². The fourth-order valence-electron chi connectivity index (χ4n) is 4.10. The Balaban J connectivity index is 1.68. The number of hydrogen-bond donors (Lipinski definition) is 1. The summed E-state index contributed by atoms with van der Waals surface area (Å²) in [4.78, 5) is 32.7. The predicted octanol–water partition coefficient (Wildman–Crippen LogP) is 6.45. The third-order valence-electron chi connectivity index (χ3n) is 5.88. The standard InChI is InChI=1S/C28H21ClN2O4S/c1-3-14-35-20-11-8-17(9-12-20)24-23(25(32)18-6-4-16(2)5-7-18)26(33)27(34)31(24)28-30-21-13-10-19(29)15-22(21)36-28/h3-13,15,24,32H,1,14H2,2H3/b25-23+. The minimum absolute atomic E-state index is 0.000835. The Hall–Kier alpha value is -3.94. The number of aliphatic hydroxyl groups is 1. The number of hydrogen-bond acceptors (Lipinski definition) is 6. The van der Waals surface area contributed by atoms with Crippen LogP contribution in [0.3, 0.4) is 0 Å². The van der Waals surface area contributed by atoms with E-state index in [2.05, 4.69) is 11.6 Å². The van der Waals surface area contributed by atoms with Crippen LogP contribution in [0.4, 0.5) is 5.13 Å². The number of carbonyl (C=O) groups is 2. The number of nitrogens with zero attached hydrogens (tertiary/aromatic N) is 2. The number of thiazole rings is 1. The summed E-state index contributed by atoms with van der Waals surface area (Å²) < 4.78 is 6.36. The van der Waals surface area contributed by atoms with Crippen LogP contribution in [0.15, 0.2) is 85.0 Å². The molecule has 5 rings (SSSR count). The van der Waals surface area contributed by atoms with E-state index in [9.17, 15) is 14.7 Å². The Morgan fingerprint density at radius 2 is 1.86 bits per heavy atom. The van der Waals surface area contributed by atoms with Crippen molar-refractivity contribution in [3.8, 4) is 5.75 Å². The Kier molecular flexibility index (Phi) is 6.35. The number of aryl methyl sites for hydroxylation is 1. The van der Waals surface area contributed by atoms with Crippen molar-refractivity contribution in [1.29, 1.82) is 0 Å². The van der Waals surface area contributed by atoms with Gasteiger partial charge in [-0.2, -0.15) is 0 Å². The first-order valence-corrected chi connectivity index (χ1v) is 12.3. The maximum atomic E-state index is 13.4. The molecular weight excluding hydrogens is 496 g/mol. The van der Waals surface area contributed by atoms with Crippen LogP contribution in [0.2, 0.25) is 5.02 Å². The number of aromatic nitrogens is 1. The van der Waals surface area contributed by atoms with Gasteiger partial charge in [-0.25, -0.2) is 4.98 Å². The summed E-state index contributed by atoms with van der Waals surface area (Å²) in [5.41, 5.74) is 2.75. The van der Waals surface area contributed by atoms with Gasteiger partial charge in [-0.05, 0) is 42.8 Å². The number of anilines is 1. The van der Waals surface area contributed by atoms with Gasteiger partial charge in [0.2, 0.25) is 0 Å². The van der Waals surface area contributed by atoms with E-state index in [4.69, 9.17) is 16.3 Å². The van der Waals surface area contributed by atoms with Gasteiger partial charge in [0.25, 0.3) is 5.78 Å². The number of rotatable bonds is 6. The summed E-state index contributed by atoms with van der Waals surface area (Å²) in [7, 11) is 0. The van der Waals surface area contributed by atoms with Gasteiger partial charge in [-0.3, -0.25) is 14.5 Å². The molecular formula is C28H21ClN2O4S. The van der Waals surface area contributed by atoms with Crippen LogP contribution in [0.25, 0.3) is 16.0 Å². The van der Waals surface area contributed by atoms with Crippen molar-refractivity contribution in [2.75, 3.05) is 11.5 Å². The molecule has 4 aromatic rings. The Labute approximate surface area is 216 Å². The van der Waals surface area contributed by atoms with Crippen molar-refractivity contribution >= 4 is 55.7 Å². The fraction of sp³-hybridized carbons (Fsp3) is 0.107. The highest BCUT2D eigenvalue weighted by Gasteiger charge is 2.48. The molecule has 180 valence electrons. The van der Waals surface area contributed by atoms with E-state index in [1.165, 1.54) is 16.2 Å². The SMILES string of the molecule is C=CCOc1ccc(C2/C(=C(\O)c3ccc(C)cc3)C(=O)C(=O)N2c2nc3ccc(Cl)cc3s2)cc1. The monoisotopic (exact) mass is 516 g/mol. The zero-order valence-electron chi connectivity index (χ0n) is 19.3. The minimum Gasteiger partial charge on any atom is -0.507 e. The number of fused-ring (bicyclic) bond motifs is 1. The van der Waals surface area contributed by atoms with E-state index in [1.807, 2.05) is 19.1 Å². The fourth-order valence-corrected chi connectivity index (χ4v) is 5.37. The van der Waals surface area contributed by atoms with Crippen molar-refractivity contribution in [3.63, 3.8) is 0 Å². The molecule has 36 heavy (non-hydrogen) atoms. The molecule has 1 aliphatic heterocycles. The summed E-state index contributed by atoms with van der Waals surface area (Å²) in [6, 6.07) is 18.5. The van der Waals surface area contributed by atoms with E-state index in [0.717, 1.165) is 10.3 Å². The average molecular weight is 517 g/mol. The Morgan fingerprint density at radius 1 is 1.14 bits per heavy atom. The molecule has 0 aliphatic carbocycles. The van der Waals surface area contributed by atoms with Crippen molar-refractivity contribution in [1.82, 2.24) is 4.98 Å². The van der Waals surface area contributed by atoms with Crippen LogP contribution in [-0.4, -0.2) is 28.4 Å². The Morgan fingerprint density at radius 3 is 2.56 bits per heavy atom. The molecule has 0 radical (unpaired) electrons. The molecule has 1 N–H and O–H groups in total. The third kappa shape index (κ3) is 4.27. The smallest absolute Gasteiger partial charge is 0.301 e. The van der Waals surface area contributed by atoms with E-state index in [0.29, 0.717) is 39.2 Å². The second kappa shape index (κ2) is 9.60. The van der Waals surface area contributed by atoms with E-state index in [-0.39, 0.29) is 11.3 Å². The molecule has 0 bridgehead atoms. The van der Waals surface area contributed by atoms with Gasteiger partial charge in [-0.1, -0.05) is 77.6 Å². The highest BCUT2D eigenvalue weighted by atomic mass is 35.5. The lowest BCUT2D eigenvalue weighted by Crippen LogP contribution is -2.29. The van der Waals surface area contributed by atoms with Gasteiger partial charge < -0.3 is 9.84 Å². The summed E-state index contributed by atoms with van der Waals surface area (Å²) in [6.45, 7) is 5.92. The predicted molar refractivity (Wildman–Crippen MR) is 143 cm³/mol. The molecule has 6 nitrogen and oxygen atoms in total. The summed E-state index contributed by atoms with van der Waals surface area (Å²) in [5.74, 6) is -1.16. The molecule has 8 heteroatoms. The number of aliphatic hydroxyl groups excluding tert-OH is 1. The minimum atomic E-state index is -0.879. The highest BCUT2D eigenvalue weighted by Crippen LogP contribution is 2.44. The second-order valence-corrected chi connectivity index (χ2v) is 9.76. The van der Waals surface area contributed by atoms with Gasteiger partial charge in [0.05, 0.1) is 21.8 Å². The first-order valence-electron chi connectivity index (χ1n) is 11.1. The number of ether oxygens (including phenoxy) is 1. The molecule has 3 aromatic carbocycles. The number of amides is 1. The quantitative estimate of drug-likeness (QED) is 0.138. The molecule has 0 spiro atoms.